The molecule has 0 atom stereocenters. The zero-order valence-corrected chi connectivity index (χ0v) is 11.4. The molecule has 0 fully saturated rings. The SMILES string of the molecule is CNC(=S)[N-]c1cccc(OC)c1.[Na+]. The minimum Gasteiger partial charge on any atom is -0.497 e. The maximum Gasteiger partial charge on any atom is 1.00 e. The molecule has 0 aliphatic heterocycles. The summed E-state index contributed by atoms with van der Waals surface area (Å²) in [5.74, 6) is 0.778. The van der Waals surface area contributed by atoms with Crippen LogP contribution in [0.15, 0.2) is 24.3 Å². The first-order valence-corrected chi connectivity index (χ1v) is 4.24. The number of nitrogens with zero attached hydrogens (tertiary/aromatic N) is 1. The van der Waals surface area contributed by atoms with E-state index in [-0.39, 0.29) is 29.6 Å². The fourth-order valence-corrected chi connectivity index (χ4v) is 0.959. The van der Waals surface area contributed by atoms with Gasteiger partial charge in [-0.25, -0.2) is 0 Å². The Labute approximate surface area is 112 Å². The van der Waals surface area contributed by atoms with Crippen LogP contribution in [-0.2, 0) is 0 Å². The average molecular weight is 218 g/mol. The fourth-order valence-electron chi connectivity index (χ4n) is 0.853. The van der Waals surface area contributed by atoms with Gasteiger partial charge in [-0.15, -0.1) is 0 Å². The number of hydrogen-bond donors (Lipinski definition) is 1. The molecular formula is C9H11N2NaOS. The van der Waals surface area contributed by atoms with Crippen LogP contribution in [0.3, 0.4) is 0 Å². The molecule has 1 aromatic carbocycles. The molecule has 70 valence electrons. The smallest absolute Gasteiger partial charge is 0.497 e. The predicted octanol–water partition coefficient (Wildman–Crippen LogP) is -0.791. The van der Waals surface area contributed by atoms with E-state index in [1.54, 1.807) is 14.2 Å². The zero-order valence-electron chi connectivity index (χ0n) is 8.57. The monoisotopic (exact) mass is 218 g/mol. The van der Waals surface area contributed by atoms with Crippen molar-refractivity contribution < 1.29 is 34.3 Å². The van der Waals surface area contributed by atoms with E-state index in [0.29, 0.717) is 5.11 Å². The fraction of sp³-hybridized carbons (Fsp3) is 0.222. The predicted molar refractivity (Wildman–Crippen MR) is 57.7 cm³/mol. The molecule has 0 amide bonds. The van der Waals surface area contributed by atoms with E-state index < -0.39 is 0 Å². The summed E-state index contributed by atoms with van der Waals surface area (Å²) in [5.41, 5.74) is 0.790. The Morgan fingerprint density at radius 1 is 1.50 bits per heavy atom. The maximum absolute atomic E-state index is 5.05. The summed E-state index contributed by atoms with van der Waals surface area (Å²) >= 11 is 4.90. The second-order valence-electron chi connectivity index (χ2n) is 2.37. The Kier molecular flexibility index (Phi) is 6.92. The average Bonchev–Trinajstić information content (AvgIpc) is 2.18. The van der Waals surface area contributed by atoms with Crippen molar-refractivity contribution in [3.63, 3.8) is 0 Å². The molecule has 0 aromatic heterocycles. The molecule has 1 aromatic rings. The number of rotatable bonds is 2. The maximum atomic E-state index is 5.05. The number of ether oxygens (including phenoxy) is 1. The van der Waals surface area contributed by atoms with Gasteiger partial charge in [0.15, 0.2) is 0 Å². The molecule has 0 aliphatic carbocycles. The summed E-state index contributed by atoms with van der Waals surface area (Å²) in [4.78, 5) is 0. The summed E-state index contributed by atoms with van der Waals surface area (Å²) in [6.45, 7) is 0. The van der Waals surface area contributed by atoms with Gasteiger partial charge in [0.1, 0.15) is 5.75 Å². The minimum atomic E-state index is 0. The molecule has 0 aliphatic rings. The van der Waals surface area contributed by atoms with Crippen LogP contribution >= 0.6 is 12.2 Å². The number of benzene rings is 1. The first-order chi connectivity index (χ1) is 6.26. The van der Waals surface area contributed by atoms with Gasteiger partial charge in [0.2, 0.25) is 0 Å². The van der Waals surface area contributed by atoms with Crippen LogP contribution in [0.4, 0.5) is 5.69 Å². The molecule has 1 N–H and O–H groups in total. The zero-order chi connectivity index (χ0) is 9.68. The number of methoxy groups -OCH3 is 1. The van der Waals surface area contributed by atoms with Crippen molar-refractivity contribution in [1.29, 1.82) is 0 Å². The van der Waals surface area contributed by atoms with Gasteiger partial charge in [-0.05, 0) is 17.8 Å². The molecule has 0 bridgehead atoms. The molecule has 1 rings (SSSR count). The number of nitrogens with one attached hydrogen (secondary N) is 1. The van der Waals surface area contributed by atoms with E-state index in [1.807, 2.05) is 24.3 Å². The Morgan fingerprint density at radius 2 is 2.21 bits per heavy atom. The Hall–Kier alpha value is -0.290. The van der Waals surface area contributed by atoms with Gasteiger partial charge in [-0.1, -0.05) is 31.4 Å². The molecule has 0 saturated heterocycles. The van der Waals surface area contributed by atoms with Crippen molar-refractivity contribution in [3.8, 4) is 5.75 Å². The van der Waals surface area contributed by atoms with Crippen molar-refractivity contribution in [2.24, 2.45) is 0 Å². The van der Waals surface area contributed by atoms with Crippen molar-refractivity contribution in [2.45, 2.75) is 0 Å². The van der Waals surface area contributed by atoms with Crippen LogP contribution in [0.25, 0.3) is 5.32 Å². The van der Waals surface area contributed by atoms with Crippen LogP contribution in [-0.4, -0.2) is 19.3 Å². The summed E-state index contributed by atoms with van der Waals surface area (Å²) in [6, 6.07) is 7.42. The third-order valence-corrected chi connectivity index (χ3v) is 1.79. The largest absolute Gasteiger partial charge is 1.00 e. The van der Waals surface area contributed by atoms with E-state index >= 15 is 0 Å². The first kappa shape index (κ1) is 13.7. The minimum absolute atomic E-state index is 0. The van der Waals surface area contributed by atoms with Crippen LogP contribution < -0.4 is 39.6 Å². The van der Waals surface area contributed by atoms with E-state index in [4.69, 9.17) is 17.0 Å². The van der Waals surface area contributed by atoms with Gasteiger partial charge in [0, 0.05) is 5.11 Å². The van der Waals surface area contributed by atoms with Gasteiger partial charge < -0.3 is 15.4 Å². The third kappa shape index (κ3) is 4.28. The third-order valence-electron chi connectivity index (χ3n) is 1.50. The second-order valence-corrected chi connectivity index (χ2v) is 2.76. The van der Waals surface area contributed by atoms with Gasteiger partial charge in [-0.2, -0.15) is 0 Å². The second kappa shape index (κ2) is 7.06. The summed E-state index contributed by atoms with van der Waals surface area (Å²) in [7, 11) is 3.36. The van der Waals surface area contributed by atoms with E-state index in [2.05, 4.69) is 10.6 Å². The quantitative estimate of drug-likeness (QED) is 0.522. The molecule has 14 heavy (non-hydrogen) atoms. The molecule has 0 spiro atoms. The van der Waals surface area contributed by atoms with Crippen molar-refractivity contribution >= 4 is 23.0 Å². The van der Waals surface area contributed by atoms with Gasteiger partial charge in [0.05, 0.1) is 7.11 Å². The number of thiocarbonyl (C=S) groups is 1. The van der Waals surface area contributed by atoms with Crippen molar-refractivity contribution in [3.05, 3.63) is 29.6 Å². The Balaban J connectivity index is 0.00000169. The molecule has 0 heterocycles. The van der Waals surface area contributed by atoms with Crippen LogP contribution in [0.1, 0.15) is 0 Å². The van der Waals surface area contributed by atoms with E-state index in [0.717, 1.165) is 11.4 Å². The topological polar surface area (TPSA) is 35.4 Å². The molecule has 0 unspecified atom stereocenters. The van der Waals surface area contributed by atoms with E-state index in [9.17, 15) is 0 Å². The van der Waals surface area contributed by atoms with Gasteiger partial charge >= 0.3 is 29.6 Å². The molecule has 0 radical (unpaired) electrons. The summed E-state index contributed by atoms with van der Waals surface area (Å²) < 4.78 is 5.05. The number of hydrogen-bond acceptors (Lipinski definition) is 2. The van der Waals surface area contributed by atoms with Crippen LogP contribution in [0.5, 0.6) is 5.75 Å². The van der Waals surface area contributed by atoms with Crippen molar-refractivity contribution in [2.75, 3.05) is 14.2 Å². The molecule has 3 nitrogen and oxygen atoms in total. The molecule has 0 saturated carbocycles. The van der Waals surface area contributed by atoms with Gasteiger partial charge in [-0.3, -0.25) is 0 Å². The normalized spacial score (nSPS) is 8.43. The molecule has 5 heteroatoms. The Bertz CT molecular complexity index is 307. The van der Waals surface area contributed by atoms with E-state index in [1.165, 1.54) is 0 Å². The van der Waals surface area contributed by atoms with Gasteiger partial charge in [0.25, 0.3) is 0 Å². The van der Waals surface area contributed by atoms with Crippen molar-refractivity contribution in [1.82, 2.24) is 5.32 Å². The molecular weight excluding hydrogens is 207 g/mol. The summed E-state index contributed by atoms with van der Waals surface area (Å²) in [6.07, 6.45) is 0. The first-order valence-electron chi connectivity index (χ1n) is 3.84. The summed E-state index contributed by atoms with van der Waals surface area (Å²) in [5, 5.41) is 7.37. The van der Waals surface area contributed by atoms with Crippen LogP contribution in [0, 0.1) is 0 Å². The van der Waals surface area contributed by atoms with Crippen LogP contribution in [0.2, 0.25) is 0 Å². The standard InChI is InChI=1S/C9H12N2OS.Na/c1-10-9(13)11-7-4-3-5-8(6-7)12-2;/h3-6H,1-2H3,(H2,10,11,13);/q;+1/p-1. The Morgan fingerprint density at radius 3 is 2.79 bits per heavy atom.